The lowest BCUT2D eigenvalue weighted by Crippen LogP contribution is -2.47. The van der Waals surface area contributed by atoms with Gasteiger partial charge in [-0.25, -0.2) is 0 Å². The molecule has 0 aliphatic carbocycles. The lowest BCUT2D eigenvalue weighted by Gasteiger charge is -2.19. The van der Waals surface area contributed by atoms with Crippen molar-refractivity contribution < 1.29 is 9.53 Å². The molecule has 1 aromatic carbocycles. The first-order chi connectivity index (χ1) is 9.43. The summed E-state index contributed by atoms with van der Waals surface area (Å²) in [5, 5.41) is 2.97. The molecule has 0 radical (unpaired) electrons. The van der Waals surface area contributed by atoms with E-state index in [4.69, 9.17) is 10.5 Å². The van der Waals surface area contributed by atoms with Gasteiger partial charge in [0.05, 0.1) is 13.2 Å². The number of hydrogen-bond acceptors (Lipinski definition) is 3. The summed E-state index contributed by atoms with van der Waals surface area (Å²) < 4.78 is 5.13. The fourth-order valence-corrected chi connectivity index (χ4v) is 1.89. The van der Waals surface area contributed by atoms with Gasteiger partial charge in [-0.05, 0) is 43.4 Å². The summed E-state index contributed by atoms with van der Waals surface area (Å²) >= 11 is 0. The molecule has 112 valence electrons. The average molecular weight is 278 g/mol. The first-order valence-corrected chi connectivity index (χ1v) is 7.13. The Labute approximate surface area is 121 Å². The van der Waals surface area contributed by atoms with Gasteiger partial charge in [-0.15, -0.1) is 0 Å². The number of nitrogens with two attached hydrogens (primary N) is 1. The van der Waals surface area contributed by atoms with Crippen molar-refractivity contribution in [3.8, 4) is 5.75 Å². The molecule has 20 heavy (non-hydrogen) atoms. The Morgan fingerprint density at radius 3 is 2.35 bits per heavy atom. The van der Waals surface area contributed by atoms with E-state index >= 15 is 0 Å². The molecule has 0 heterocycles. The SMILES string of the molecule is COc1ccc(CCC(C)NC(=O)[C@@H](N)C(C)C)cc1. The summed E-state index contributed by atoms with van der Waals surface area (Å²) in [5.74, 6) is 0.948. The van der Waals surface area contributed by atoms with E-state index in [9.17, 15) is 4.79 Å². The van der Waals surface area contributed by atoms with Crippen molar-refractivity contribution in [2.75, 3.05) is 7.11 Å². The van der Waals surface area contributed by atoms with E-state index < -0.39 is 6.04 Å². The molecule has 4 heteroatoms. The molecule has 1 unspecified atom stereocenters. The molecular formula is C16H26N2O2. The molecule has 0 aliphatic heterocycles. The second-order valence-electron chi connectivity index (χ2n) is 5.57. The number of nitrogens with one attached hydrogen (secondary N) is 1. The molecule has 0 bridgehead atoms. The smallest absolute Gasteiger partial charge is 0.237 e. The fraction of sp³-hybridized carbons (Fsp3) is 0.562. The van der Waals surface area contributed by atoms with Crippen molar-refractivity contribution in [1.82, 2.24) is 5.32 Å². The highest BCUT2D eigenvalue weighted by molar-refractivity contribution is 5.81. The van der Waals surface area contributed by atoms with Gasteiger partial charge in [0.1, 0.15) is 5.75 Å². The van der Waals surface area contributed by atoms with Crippen LogP contribution in [0, 0.1) is 5.92 Å². The third kappa shape index (κ3) is 5.21. The van der Waals surface area contributed by atoms with Crippen molar-refractivity contribution in [2.45, 2.75) is 45.7 Å². The van der Waals surface area contributed by atoms with Crippen LogP contribution in [0.3, 0.4) is 0 Å². The minimum atomic E-state index is -0.432. The number of amides is 1. The molecule has 0 aromatic heterocycles. The van der Waals surface area contributed by atoms with Gasteiger partial charge >= 0.3 is 0 Å². The van der Waals surface area contributed by atoms with E-state index in [-0.39, 0.29) is 17.9 Å². The average Bonchev–Trinajstić information content (AvgIpc) is 2.44. The zero-order chi connectivity index (χ0) is 15.1. The lowest BCUT2D eigenvalue weighted by molar-refractivity contribution is -0.123. The van der Waals surface area contributed by atoms with Gasteiger partial charge in [-0.2, -0.15) is 0 Å². The standard InChI is InChI=1S/C16H26N2O2/c1-11(2)15(17)16(19)18-12(3)5-6-13-7-9-14(20-4)10-8-13/h7-12,15H,5-6,17H2,1-4H3,(H,18,19)/t12?,15-/m0/s1. The number of carbonyl (C=O) groups is 1. The van der Waals surface area contributed by atoms with Gasteiger partial charge in [-0.1, -0.05) is 26.0 Å². The van der Waals surface area contributed by atoms with Gasteiger partial charge in [0.25, 0.3) is 0 Å². The minimum Gasteiger partial charge on any atom is -0.497 e. The third-order valence-corrected chi connectivity index (χ3v) is 3.43. The monoisotopic (exact) mass is 278 g/mol. The summed E-state index contributed by atoms with van der Waals surface area (Å²) in [7, 11) is 1.66. The van der Waals surface area contributed by atoms with Crippen molar-refractivity contribution in [2.24, 2.45) is 11.7 Å². The Hall–Kier alpha value is -1.55. The Balaban J connectivity index is 2.39. The van der Waals surface area contributed by atoms with Crippen molar-refractivity contribution in [3.05, 3.63) is 29.8 Å². The van der Waals surface area contributed by atoms with Crippen LogP contribution in [0.15, 0.2) is 24.3 Å². The van der Waals surface area contributed by atoms with E-state index in [1.165, 1.54) is 5.56 Å². The van der Waals surface area contributed by atoms with E-state index in [0.29, 0.717) is 0 Å². The van der Waals surface area contributed by atoms with E-state index in [1.54, 1.807) is 7.11 Å². The van der Waals surface area contributed by atoms with Gasteiger partial charge in [-0.3, -0.25) is 4.79 Å². The summed E-state index contributed by atoms with van der Waals surface area (Å²) in [5.41, 5.74) is 7.06. The number of rotatable bonds is 7. The van der Waals surface area contributed by atoms with Crippen LogP contribution >= 0.6 is 0 Å². The van der Waals surface area contributed by atoms with E-state index in [0.717, 1.165) is 18.6 Å². The summed E-state index contributed by atoms with van der Waals surface area (Å²) in [4.78, 5) is 11.8. The zero-order valence-electron chi connectivity index (χ0n) is 12.8. The van der Waals surface area contributed by atoms with Crippen LogP contribution < -0.4 is 15.8 Å². The van der Waals surface area contributed by atoms with Crippen LogP contribution in [-0.2, 0) is 11.2 Å². The number of aryl methyl sites for hydroxylation is 1. The Bertz CT molecular complexity index is 415. The highest BCUT2D eigenvalue weighted by atomic mass is 16.5. The quantitative estimate of drug-likeness (QED) is 0.803. The second-order valence-corrected chi connectivity index (χ2v) is 5.57. The van der Waals surface area contributed by atoms with E-state index in [1.807, 2.05) is 45.0 Å². The molecule has 0 aliphatic rings. The molecule has 4 nitrogen and oxygen atoms in total. The molecule has 0 saturated carbocycles. The van der Waals surface area contributed by atoms with Gasteiger partial charge in [0.15, 0.2) is 0 Å². The fourth-order valence-electron chi connectivity index (χ4n) is 1.89. The van der Waals surface area contributed by atoms with Crippen LogP contribution in [0.2, 0.25) is 0 Å². The van der Waals surface area contributed by atoms with Gasteiger partial charge < -0.3 is 15.8 Å². The molecule has 1 aromatic rings. The minimum absolute atomic E-state index is 0.0674. The van der Waals surface area contributed by atoms with Crippen LogP contribution in [-0.4, -0.2) is 25.1 Å². The first-order valence-electron chi connectivity index (χ1n) is 7.13. The number of hydrogen-bond donors (Lipinski definition) is 2. The summed E-state index contributed by atoms with van der Waals surface area (Å²) in [6.07, 6.45) is 1.81. The molecular weight excluding hydrogens is 252 g/mol. The summed E-state index contributed by atoms with van der Waals surface area (Å²) in [6.45, 7) is 5.91. The Morgan fingerprint density at radius 2 is 1.85 bits per heavy atom. The van der Waals surface area contributed by atoms with E-state index in [2.05, 4.69) is 5.32 Å². The first kappa shape index (κ1) is 16.5. The maximum Gasteiger partial charge on any atom is 0.237 e. The van der Waals surface area contributed by atoms with Crippen molar-refractivity contribution >= 4 is 5.91 Å². The van der Waals surface area contributed by atoms with Gasteiger partial charge in [0.2, 0.25) is 5.91 Å². The number of carbonyl (C=O) groups excluding carboxylic acids is 1. The maximum atomic E-state index is 11.8. The number of ether oxygens (including phenoxy) is 1. The Morgan fingerprint density at radius 1 is 1.25 bits per heavy atom. The highest BCUT2D eigenvalue weighted by Crippen LogP contribution is 2.13. The van der Waals surface area contributed by atoms with Crippen LogP contribution in [0.1, 0.15) is 32.8 Å². The third-order valence-electron chi connectivity index (χ3n) is 3.43. The van der Waals surface area contributed by atoms with Crippen LogP contribution in [0.4, 0.5) is 0 Å². The van der Waals surface area contributed by atoms with Gasteiger partial charge in [0, 0.05) is 6.04 Å². The second kappa shape index (κ2) is 7.90. The maximum absolute atomic E-state index is 11.8. The molecule has 1 amide bonds. The van der Waals surface area contributed by atoms with Crippen molar-refractivity contribution in [3.63, 3.8) is 0 Å². The number of benzene rings is 1. The lowest BCUT2D eigenvalue weighted by atomic mass is 10.0. The van der Waals surface area contributed by atoms with Crippen LogP contribution in [0.5, 0.6) is 5.75 Å². The molecule has 0 spiro atoms. The largest absolute Gasteiger partial charge is 0.497 e. The van der Waals surface area contributed by atoms with Crippen molar-refractivity contribution in [1.29, 1.82) is 0 Å². The molecule has 3 N–H and O–H groups in total. The van der Waals surface area contributed by atoms with Crippen LogP contribution in [0.25, 0.3) is 0 Å². The predicted octanol–water partition coefficient (Wildman–Crippen LogP) is 2.12. The predicted molar refractivity (Wildman–Crippen MR) is 81.7 cm³/mol. The Kier molecular flexibility index (Phi) is 6.52. The molecule has 0 saturated heterocycles. The highest BCUT2D eigenvalue weighted by Gasteiger charge is 2.18. The topological polar surface area (TPSA) is 64.3 Å². The number of methoxy groups -OCH3 is 1. The molecule has 0 fully saturated rings. The normalized spacial score (nSPS) is 13.9. The zero-order valence-corrected chi connectivity index (χ0v) is 12.8. The summed E-state index contributed by atoms with van der Waals surface area (Å²) in [6, 6.07) is 7.69. The molecule has 2 atom stereocenters. The molecule has 1 rings (SSSR count).